The van der Waals surface area contributed by atoms with E-state index in [9.17, 15) is 22.4 Å². The fourth-order valence-corrected chi connectivity index (χ4v) is 6.11. The summed E-state index contributed by atoms with van der Waals surface area (Å²) in [5, 5.41) is 3.67. The summed E-state index contributed by atoms with van der Waals surface area (Å²) in [4.78, 5) is 29.4. The maximum atomic E-state index is 14.7. The van der Waals surface area contributed by atoms with Crippen molar-refractivity contribution in [1.82, 2.24) is 10.2 Å². The van der Waals surface area contributed by atoms with Crippen LogP contribution in [0.3, 0.4) is 0 Å². The van der Waals surface area contributed by atoms with Crippen molar-refractivity contribution in [3.63, 3.8) is 0 Å². The molecule has 41 heavy (non-hydrogen) atoms. The van der Waals surface area contributed by atoms with Gasteiger partial charge in [0, 0.05) is 24.0 Å². The first kappa shape index (κ1) is 30.5. The highest BCUT2D eigenvalue weighted by atomic mass is 35.5. The van der Waals surface area contributed by atoms with Crippen molar-refractivity contribution >= 4 is 39.1 Å². The van der Waals surface area contributed by atoms with Gasteiger partial charge in [0.1, 0.15) is 18.4 Å². The summed E-state index contributed by atoms with van der Waals surface area (Å²) in [6.07, 6.45) is 6.04. The van der Waals surface area contributed by atoms with Gasteiger partial charge in [-0.2, -0.15) is 0 Å². The van der Waals surface area contributed by atoms with Gasteiger partial charge in [0.05, 0.1) is 11.9 Å². The van der Waals surface area contributed by atoms with Crippen LogP contribution in [-0.4, -0.2) is 50.0 Å². The van der Waals surface area contributed by atoms with Gasteiger partial charge < -0.3 is 10.2 Å². The van der Waals surface area contributed by atoms with Crippen molar-refractivity contribution in [3.8, 4) is 0 Å². The Morgan fingerprint density at radius 1 is 0.927 bits per heavy atom. The number of para-hydroxylation sites is 1. The third-order valence-corrected chi connectivity index (χ3v) is 8.67. The Morgan fingerprint density at radius 2 is 1.56 bits per heavy atom. The van der Waals surface area contributed by atoms with Gasteiger partial charge in [-0.05, 0) is 48.2 Å². The second-order valence-corrected chi connectivity index (χ2v) is 12.8. The van der Waals surface area contributed by atoms with E-state index in [2.05, 4.69) is 5.32 Å². The van der Waals surface area contributed by atoms with Gasteiger partial charge >= 0.3 is 0 Å². The highest BCUT2D eigenvalue weighted by Gasteiger charge is 2.34. The van der Waals surface area contributed by atoms with Crippen LogP contribution in [0, 0.1) is 5.82 Å². The van der Waals surface area contributed by atoms with Crippen LogP contribution in [-0.2, 0) is 32.6 Å². The molecule has 0 saturated heterocycles. The number of anilines is 1. The van der Waals surface area contributed by atoms with Gasteiger partial charge in [0.25, 0.3) is 0 Å². The minimum atomic E-state index is -4.05. The average Bonchev–Trinajstić information content (AvgIpc) is 2.95. The molecule has 218 valence electrons. The van der Waals surface area contributed by atoms with E-state index < -0.39 is 34.3 Å². The molecular weight excluding hydrogens is 565 g/mol. The molecule has 0 heterocycles. The number of amides is 2. The number of hydrogen-bond donors (Lipinski definition) is 1. The van der Waals surface area contributed by atoms with Crippen LogP contribution in [0.25, 0.3) is 0 Å². The third kappa shape index (κ3) is 8.53. The zero-order valence-electron chi connectivity index (χ0n) is 23.0. The van der Waals surface area contributed by atoms with E-state index >= 15 is 0 Å². The Labute approximate surface area is 246 Å². The third-order valence-electron chi connectivity index (χ3n) is 7.29. The van der Waals surface area contributed by atoms with Gasteiger partial charge in [-0.1, -0.05) is 85.5 Å². The van der Waals surface area contributed by atoms with Gasteiger partial charge in [-0.3, -0.25) is 13.9 Å². The Bertz CT molecular complexity index is 1430. The molecule has 1 aliphatic carbocycles. The van der Waals surface area contributed by atoms with E-state index in [1.54, 1.807) is 24.3 Å². The molecule has 1 atom stereocenters. The van der Waals surface area contributed by atoms with Crippen molar-refractivity contribution < 1.29 is 22.4 Å². The Balaban J connectivity index is 1.72. The molecule has 0 bridgehead atoms. The minimum Gasteiger partial charge on any atom is -0.352 e. The van der Waals surface area contributed by atoms with Crippen molar-refractivity contribution in [2.24, 2.45) is 0 Å². The summed E-state index contributed by atoms with van der Waals surface area (Å²) >= 11 is 6.09. The Hall–Kier alpha value is -3.43. The van der Waals surface area contributed by atoms with E-state index in [1.807, 2.05) is 30.3 Å². The predicted octanol–water partition coefficient (Wildman–Crippen LogP) is 5.33. The number of rotatable bonds is 11. The maximum absolute atomic E-state index is 14.7. The number of benzene rings is 3. The van der Waals surface area contributed by atoms with E-state index in [0.717, 1.165) is 54.3 Å². The van der Waals surface area contributed by atoms with Gasteiger partial charge in [-0.25, -0.2) is 12.8 Å². The molecule has 3 aromatic carbocycles. The maximum Gasteiger partial charge on any atom is 0.244 e. The summed E-state index contributed by atoms with van der Waals surface area (Å²) in [5.41, 5.74) is 1.32. The Morgan fingerprint density at radius 3 is 2.20 bits per heavy atom. The molecule has 7 nitrogen and oxygen atoms in total. The minimum absolute atomic E-state index is 0.00735. The molecular formula is C31H35ClFN3O4S. The molecule has 4 rings (SSSR count). The molecule has 2 amide bonds. The highest BCUT2D eigenvalue weighted by molar-refractivity contribution is 7.92. The van der Waals surface area contributed by atoms with Crippen LogP contribution in [0.2, 0.25) is 5.02 Å². The zero-order chi connectivity index (χ0) is 29.4. The molecule has 1 fully saturated rings. The van der Waals surface area contributed by atoms with Gasteiger partial charge in [0.15, 0.2) is 0 Å². The summed E-state index contributed by atoms with van der Waals surface area (Å²) < 4.78 is 41.1. The first-order valence-electron chi connectivity index (χ1n) is 13.7. The predicted molar refractivity (Wildman–Crippen MR) is 160 cm³/mol. The van der Waals surface area contributed by atoms with Crippen LogP contribution >= 0.6 is 11.6 Å². The average molecular weight is 600 g/mol. The Kier molecular flexibility index (Phi) is 10.4. The van der Waals surface area contributed by atoms with Crippen LogP contribution in [0.1, 0.15) is 43.2 Å². The first-order valence-corrected chi connectivity index (χ1v) is 15.9. The molecule has 3 aromatic rings. The molecule has 0 unspecified atom stereocenters. The smallest absolute Gasteiger partial charge is 0.244 e. The summed E-state index contributed by atoms with van der Waals surface area (Å²) in [6, 6.07) is 20.7. The van der Waals surface area contributed by atoms with Crippen LogP contribution in [0.5, 0.6) is 0 Å². The van der Waals surface area contributed by atoms with E-state index in [4.69, 9.17) is 11.6 Å². The summed E-state index contributed by atoms with van der Waals surface area (Å²) in [6.45, 7) is -0.643. The molecule has 0 spiro atoms. The number of halogens is 2. The van der Waals surface area contributed by atoms with E-state index in [-0.39, 0.29) is 30.6 Å². The lowest BCUT2D eigenvalue weighted by atomic mass is 9.94. The van der Waals surface area contributed by atoms with Crippen molar-refractivity contribution in [2.45, 2.75) is 57.2 Å². The lowest BCUT2D eigenvalue weighted by molar-refractivity contribution is -0.140. The van der Waals surface area contributed by atoms with E-state index in [1.165, 1.54) is 23.1 Å². The molecule has 1 saturated carbocycles. The number of nitrogens with one attached hydrogen (secondary N) is 1. The molecule has 1 aliphatic rings. The molecule has 10 heteroatoms. The molecule has 0 aliphatic heterocycles. The first-order chi connectivity index (χ1) is 19.6. The normalized spacial score (nSPS) is 14.7. The topological polar surface area (TPSA) is 86.8 Å². The van der Waals surface area contributed by atoms with Gasteiger partial charge in [0.2, 0.25) is 21.8 Å². The second kappa shape index (κ2) is 14.0. The number of carbonyl (C=O) groups is 2. The monoisotopic (exact) mass is 599 g/mol. The molecule has 1 N–H and O–H groups in total. The quantitative estimate of drug-likeness (QED) is 0.323. The zero-order valence-corrected chi connectivity index (χ0v) is 24.6. The van der Waals surface area contributed by atoms with E-state index in [0.29, 0.717) is 10.6 Å². The lowest BCUT2D eigenvalue weighted by Gasteiger charge is -2.35. The molecule has 0 radical (unpaired) electrons. The highest BCUT2D eigenvalue weighted by Crippen LogP contribution is 2.24. The standard InChI is InChI=1S/C31H35ClFN3O4S/c1-41(39,40)36(28-15-9-8-14-27(28)33)22-30(37)35(21-24-16-18-25(32)19-17-24)29(20-23-10-4-2-5-11-23)31(38)34-26-12-6-3-7-13-26/h2,4-5,8-11,14-19,26,29H,3,6-7,12-13,20-22H2,1H3,(H,34,38)/t29-/m1/s1. The SMILES string of the molecule is CS(=O)(=O)N(CC(=O)N(Cc1ccc(Cl)cc1)[C@H](Cc1ccccc1)C(=O)NC1CCCCC1)c1ccccc1F. The second-order valence-electron chi connectivity index (χ2n) is 10.4. The largest absolute Gasteiger partial charge is 0.352 e. The summed E-state index contributed by atoms with van der Waals surface area (Å²) in [5.74, 6) is -1.71. The number of carbonyl (C=O) groups excluding carboxylic acids is 2. The number of hydrogen-bond acceptors (Lipinski definition) is 4. The van der Waals surface area contributed by atoms with Crippen LogP contribution < -0.4 is 9.62 Å². The lowest BCUT2D eigenvalue weighted by Crippen LogP contribution is -2.55. The van der Waals surface area contributed by atoms with Crippen LogP contribution in [0.15, 0.2) is 78.9 Å². The van der Waals surface area contributed by atoms with Gasteiger partial charge in [-0.15, -0.1) is 0 Å². The fraction of sp³-hybridized carbons (Fsp3) is 0.355. The molecule has 0 aromatic heterocycles. The summed E-state index contributed by atoms with van der Waals surface area (Å²) in [7, 11) is -4.05. The number of sulfonamides is 1. The fourth-order valence-electron chi connectivity index (χ4n) is 5.13. The number of nitrogens with zero attached hydrogens (tertiary/aromatic N) is 2. The van der Waals surface area contributed by atoms with Crippen molar-refractivity contribution in [2.75, 3.05) is 17.1 Å². The van der Waals surface area contributed by atoms with Crippen molar-refractivity contribution in [1.29, 1.82) is 0 Å². The van der Waals surface area contributed by atoms with Crippen molar-refractivity contribution in [3.05, 3.63) is 101 Å². The van der Waals surface area contributed by atoms with Crippen LogP contribution in [0.4, 0.5) is 10.1 Å².